The van der Waals surface area contributed by atoms with Gasteiger partial charge in [0.25, 0.3) is 15.9 Å². The van der Waals surface area contributed by atoms with E-state index in [2.05, 4.69) is 10.0 Å². The van der Waals surface area contributed by atoms with Crippen LogP contribution in [0, 0.1) is 13.8 Å². The fourth-order valence-corrected chi connectivity index (χ4v) is 3.63. The maximum atomic E-state index is 12.6. The molecule has 0 fully saturated rings. The van der Waals surface area contributed by atoms with Crippen LogP contribution in [0.5, 0.6) is 0 Å². The maximum absolute atomic E-state index is 12.6. The van der Waals surface area contributed by atoms with Crippen molar-refractivity contribution in [1.29, 1.82) is 0 Å². The molecular weight excluding hydrogens is 352 g/mol. The van der Waals surface area contributed by atoms with Gasteiger partial charge in [-0.05, 0) is 50.6 Å². The number of amides is 1. The van der Waals surface area contributed by atoms with Crippen LogP contribution in [0.2, 0.25) is 0 Å². The molecule has 140 valence electrons. The third kappa shape index (κ3) is 4.83. The number of benzene rings is 2. The molecule has 0 heterocycles. The lowest BCUT2D eigenvalue weighted by Crippen LogP contribution is -2.36. The third-order valence-electron chi connectivity index (χ3n) is 3.95. The molecule has 1 atom stereocenters. The van der Waals surface area contributed by atoms with E-state index in [1.54, 1.807) is 56.5 Å². The summed E-state index contributed by atoms with van der Waals surface area (Å²) in [5.74, 6) is -0.275. The molecule has 2 rings (SSSR count). The average molecular weight is 376 g/mol. The number of ether oxygens (including phenoxy) is 1. The van der Waals surface area contributed by atoms with E-state index in [0.717, 1.165) is 5.56 Å². The van der Waals surface area contributed by atoms with Gasteiger partial charge in [-0.3, -0.25) is 9.52 Å². The Balaban J connectivity index is 2.26. The zero-order valence-corrected chi connectivity index (χ0v) is 16.2. The summed E-state index contributed by atoms with van der Waals surface area (Å²) in [4.78, 5) is 12.6. The molecule has 1 amide bonds. The van der Waals surface area contributed by atoms with Crippen molar-refractivity contribution in [2.75, 3.05) is 18.4 Å². The van der Waals surface area contributed by atoms with Crippen LogP contribution in [0.25, 0.3) is 0 Å². The molecule has 0 radical (unpaired) electrons. The number of anilines is 1. The zero-order chi connectivity index (χ0) is 19.3. The van der Waals surface area contributed by atoms with E-state index in [4.69, 9.17) is 4.74 Å². The standard InChI is InChI=1S/C19H24N2O4S/c1-13-8-10-16(11-9-13)26(23,24)21-18-7-5-6-17(15(18)3)19(22)20-14(2)12-25-4/h5-11,14,21H,12H2,1-4H3,(H,20,22)/t14-/m1/s1. The molecule has 0 unspecified atom stereocenters. The van der Waals surface area contributed by atoms with Crippen molar-refractivity contribution >= 4 is 21.6 Å². The molecule has 0 saturated carbocycles. The number of hydrogen-bond acceptors (Lipinski definition) is 4. The molecule has 2 aromatic carbocycles. The SMILES string of the molecule is COC[C@@H](C)NC(=O)c1cccc(NS(=O)(=O)c2ccc(C)cc2)c1C. The minimum atomic E-state index is -3.73. The van der Waals surface area contributed by atoms with Gasteiger partial charge in [-0.2, -0.15) is 0 Å². The van der Waals surface area contributed by atoms with Crippen LogP contribution in [0.1, 0.15) is 28.4 Å². The van der Waals surface area contributed by atoms with Gasteiger partial charge < -0.3 is 10.1 Å². The van der Waals surface area contributed by atoms with Crippen molar-refractivity contribution in [2.24, 2.45) is 0 Å². The number of sulfonamides is 1. The average Bonchev–Trinajstić information content (AvgIpc) is 2.57. The predicted molar refractivity (Wildman–Crippen MR) is 102 cm³/mol. The minimum absolute atomic E-state index is 0.153. The molecule has 7 heteroatoms. The maximum Gasteiger partial charge on any atom is 0.261 e. The monoisotopic (exact) mass is 376 g/mol. The first kappa shape index (κ1) is 19.9. The molecule has 26 heavy (non-hydrogen) atoms. The van der Waals surface area contributed by atoms with Gasteiger partial charge in [0.15, 0.2) is 0 Å². The van der Waals surface area contributed by atoms with Crippen LogP contribution in [0.15, 0.2) is 47.4 Å². The van der Waals surface area contributed by atoms with Gasteiger partial charge in [0.1, 0.15) is 0 Å². The summed E-state index contributed by atoms with van der Waals surface area (Å²) in [6.07, 6.45) is 0. The smallest absolute Gasteiger partial charge is 0.261 e. The normalized spacial score (nSPS) is 12.5. The van der Waals surface area contributed by atoms with E-state index < -0.39 is 10.0 Å². The number of carbonyl (C=O) groups excluding carboxylic acids is 1. The van der Waals surface area contributed by atoms with Gasteiger partial charge in [0.2, 0.25) is 0 Å². The summed E-state index contributed by atoms with van der Waals surface area (Å²) in [7, 11) is -2.16. The van der Waals surface area contributed by atoms with Gasteiger partial charge >= 0.3 is 0 Å². The lowest BCUT2D eigenvalue weighted by molar-refractivity contribution is 0.0905. The van der Waals surface area contributed by atoms with Gasteiger partial charge in [0.05, 0.1) is 17.2 Å². The van der Waals surface area contributed by atoms with Gasteiger partial charge in [-0.1, -0.05) is 23.8 Å². The molecule has 0 saturated heterocycles. The highest BCUT2D eigenvalue weighted by molar-refractivity contribution is 7.92. The first-order valence-corrected chi connectivity index (χ1v) is 9.72. The second-order valence-electron chi connectivity index (χ2n) is 6.23. The Kier molecular flexibility index (Phi) is 6.39. The van der Waals surface area contributed by atoms with Crippen molar-refractivity contribution < 1.29 is 17.9 Å². The van der Waals surface area contributed by atoms with Crippen LogP contribution in [-0.4, -0.2) is 34.1 Å². The van der Waals surface area contributed by atoms with E-state index in [-0.39, 0.29) is 16.8 Å². The van der Waals surface area contributed by atoms with Gasteiger partial charge in [-0.25, -0.2) is 8.42 Å². The Morgan fingerprint density at radius 1 is 1.12 bits per heavy atom. The number of rotatable bonds is 7. The van der Waals surface area contributed by atoms with Crippen molar-refractivity contribution in [3.63, 3.8) is 0 Å². The number of nitrogens with one attached hydrogen (secondary N) is 2. The Hall–Kier alpha value is -2.38. The Bertz CT molecular complexity index is 877. The summed E-state index contributed by atoms with van der Waals surface area (Å²) in [6.45, 7) is 5.83. The highest BCUT2D eigenvalue weighted by atomic mass is 32.2. The highest BCUT2D eigenvalue weighted by Gasteiger charge is 2.18. The molecule has 0 bridgehead atoms. The van der Waals surface area contributed by atoms with Crippen LogP contribution in [-0.2, 0) is 14.8 Å². The topological polar surface area (TPSA) is 84.5 Å². The largest absolute Gasteiger partial charge is 0.383 e. The predicted octanol–water partition coefficient (Wildman–Crippen LogP) is 2.87. The summed E-state index contributed by atoms with van der Waals surface area (Å²) in [5, 5.41) is 2.82. The number of carbonyl (C=O) groups is 1. The molecule has 2 aromatic rings. The van der Waals surface area contributed by atoms with Crippen molar-refractivity contribution in [1.82, 2.24) is 5.32 Å². The second kappa shape index (κ2) is 8.33. The van der Waals surface area contributed by atoms with Gasteiger partial charge in [-0.15, -0.1) is 0 Å². The van der Waals surface area contributed by atoms with Crippen molar-refractivity contribution in [3.05, 3.63) is 59.2 Å². The number of hydrogen-bond donors (Lipinski definition) is 2. The number of methoxy groups -OCH3 is 1. The van der Waals surface area contributed by atoms with Crippen molar-refractivity contribution in [2.45, 2.75) is 31.7 Å². The van der Waals surface area contributed by atoms with Crippen molar-refractivity contribution in [3.8, 4) is 0 Å². The molecule has 0 aliphatic carbocycles. The quantitative estimate of drug-likeness (QED) is 0.778. The first-order chi connectivity index (χ1) is 12.2. The van der Waals surface area contributed by atoms with E-state index in [1.165, 1.54) is 0 Å². The Morgan fingerprint density at radius 3 is 2.38 bits per heavy atom. The van der Waals surface area contributed by atoms with Crippen LogP contribution in [0.4, 0.5) is 5.69 Å². The molecule has 0 aliphatic rings. The molecule has 6 nitrogen and oxygen atoms in total. The van der Waals surface area contributed by atoms with Gasteiger partial charge in [0, 0.05) is 18.7 Å². The summed E-state index contributed by atoms with van der Waals surface area (Å²) in [6, 6.07) is 11.4. The summed E-state index contributed by atoms with van der Waals surface area (Å²) in [5.41, 5.74) is 2.32. The fraction of sp³-hybridized carbons (Fsp3) is 0.316. The minimum Gasteiger partial charge on any atom is -0.383 e. The van der Waals surface area contributed by atoms with E-state index >= 15 is 0 Å². The summed E-state index contributed by atoms with van der Waals surface area (Å²) >= 11 is 0. The van der Waals surface area contributed by atoms with Crippen LogP contribution in [0.3, 0.4) is 0 Å². The lowest BCUT2D eigenvalue weighted by Gasteiger charge is -2.16. The van der Waals surface area contributed by atoms with E-state index in [9.17, 15) is 13.2 Å². The van der Waals surface area contributed by atoms with E-state index in [1.807, 2.05) is 13.8 Å². The van der Waals surface area contributed by atoms with E-state index in [0.29, 0.717) is 23.4 Å². The fourth-order valence-electron chi connectivity index (χ4n) is 2.51. The highest BCUT2D eigenvalue weighted by Crippen LogP contribution is 2.23. The Morgan fingerprint density at radius 2 is 1.77 bits per heavy atom. The molecule has 0 aromatic heterocycles. The number of aryl methyl sites for hydroxylation is 1. The first-order valence-electron chi connectivity index (χ1n) is 8.23. The molecule has 0 spiro atoms. The zero-order valence-electron chi connectivity index (χ0n) is 15.4. The lowest BCUT2D eigenvalue weighted by atomic mass is 10.1. The molecular formula is C19H24N2O4S. The summed E-state index contributed by atoms with van der Waals surface area (Å²) < 4.78 is 32.7. The van der Waals surface area contributed by atoms with Crippen LogP contribution < -0.4 is 10.0 Å². The molecule has 0 aliphatic heterocycles. The molecule has 2 N–H and O–H groups in total. The van der Waals surface area contributed by atoms with Crippen LogP contribution >= 0.6 is 0 Å². The third-order valence-corrected chi connectivity index (χ3v) is 5.33. The Labute approximate surface area is 154 Å². The second-order valence-corrected chi connectivity index (χ2v) is 7.91.